The Hall–Kier alpha value is -3.68. The quantitative estimate of drug-likeness (QED) is 0.558. The van der Waals surface area contributed by atoms with E-state index in [1.165, 1.54) is 21.3 Å². The molecule has 8 heteroatoms. The predicted molar refractivity (Wildman–Crippen MR) is 115 cm³/mol. The van der Waals surface area contributed by atoms with E-state index in [0.717, 1.165) is 11.3 Å². The molecule has 0 atom stereocenters. The molecule has 1 amide bonds. The van der Waals surface area contributed by atoms with Crippen LogP contribution in [0.15, 0.2) is 40.9 Å². The van der Waals surface area contributed by atoms with Gasteiger partial charge in [0.25, 0.3) is 5.91 Å². The third-order valence-electron chi connectivity index (χ3n) is 4.85. The van der Waals surface area contributed by atoms with E-state index in [4.69, 9.17) is 23.5 Å². The molecular weight excluding hydrogens is 400 g/mol. The topological polar surface area (TPSA) is 92.1 Å². The number of nitrogens with zero attached hydrogens (tertiary/aromatic N) is 1. The molecule has 0 spiro atoms. The average Bonchev–Trinajstić information content (AvgIpc) is 3.19. The third kappa shape index (κ3) is 4.74. The van der Waals surface area contributed by atoms with Crippen LogP contribution in [0.5, 0.6) is 23.0 Å². The molecule has 0 unspecified atom stereocenters. The summed E-state index contributed by atoms with van der Waals surface area (Å²) in [5.41, 5.74) is 2.50. The number of nitrogens with one attached hydrogen (secondary N) is 1. The largest absolute Gasteiger partial charge is 0.497 e. The molecule has 0 bridgehead atoms. The highest BCUT2D eigenvalue weighted by Gasteiger charge is 2.24. The maximum atomic E-state index is 12.9. The Labute approximate surface area is 181 Å². The van der Waals surface area contributed by atoms with E-state index >= 15 is 0 Å². The fourth-order valence-electron chi connectivity index (χ4n) is 3.28. The van der Waals surface area contributed by atoms with E-state index in [2.05, 4.69) is 10.5 Å². The van der Waals surface area contributed by atoms with Gasteiger partial charge in [-0.25, -0.2) is 0 Å². The summed E-state index contributed by atoms with van der Waals surface area (Å²) in [5, 5.41) is 6.93. The van der Waals surface area contributed by atoms with Crippen molar-refractivity contribution in [2.45, 2.75) is 13.3 Å². The van der Waals surface area contributed by atoms with Gasteiger partial charge in [0.1, 0.15) is 11.3 Å². The molecule has 1 heterocycles. The maximum Gasteiger partial charge on any atom is 0.257 e. The minimum Gasteiger partial charge on any atom is -0.497 e. The smallest absolute Gasteiger partial charge is 0.257 e. The lowest BCUT2D eigenvalue weighted by atomic mass is 10.0. The molecule has 0 aliphatic carbocycles. The van der Waals surface area contributed by atoms with Crippen LogP contribution in [-0.4, -0.2) is 46.0 Å². The van der Waals surface area contributed by atoms with Crippen molar-refractivity contribution in [3.05, 3.63) is 53.2 Å². The molecule has 8 nitrogen and oxygen atoms in total. The molecule has 31 heavy (non-hydrogen) atoms. The van der Waals surface area contributed by atoms with Gasteiger partial charge in [0.15, 0.2) is 17.3 Å². The first-order valence-electron chi connectivity index (χ1n) is 9.70. The van der Waals surface area contributed by atoms with Crippen molar-refractivity contribution in [3.63, 3.8) is 0 Å². The molecule has 0 aliphatic heterocycles. The summed E-state index contributed by atoms with van der Waals surface area (Å²) in [5.74, 6) is 2.20. The first-order chi connectivity index (χ1) is 15.0. The second-order valence-corrected chi connectivity index (χ2v) is 6.74. The maximum absolute atomic E-state index is 12.9. The van der Waals surface area contributed by atoms with Gasteiger partial charge in [0.2, 0.25) is 5.75 Å². The first-order valence-corrected chi connectivity index (χ1v) is 9.70. The van der Waals surface area contributed by atoms with E-state index in [1.54, 1.807) is 26.2 Å². The number of carbonyl (C=O) groups excluding carboxylic acids is 1. The van der Waals surface area contributed by atoms with Crippen LogP contribution in [-0.2, 0) is 6.42 Å². The summed E-state index contributed by atoms with van der Waals surface area (Å²) in [6.07, 6.45) is 0.660. The summed E-state index contributed by atoms with van der Waals surface area (Å²) in [6.45, 7) is 2.17. The van der Waals surface area contributed by atoms with E-state index < -0.39 is 0 Å². The standard InChI is InChI=1S/C23H26N2O6/c1-14-20(23(26)24-10-9-15-7-6-8-17(11-15)27-2)21(31-25-14)16-12-18(28-3)22(30-5)19(13-16)29-4/h6-8,11-13H,9-10H2,1-5H3,(H,24,26). The molecule has 164 valence electrons. The zero-order valence-electron chi connectivity index (χ0n) is 18.3. The van der Waals surface area contributed by atoms with E-state index in [-0.39, 0.29) is 5.91 Å². The minimum atomic E-state index is -0.273. The number of methoxy groups -OCH3 is 4. The molecule has 0 aliphatic rings. The molecule has 0 fully saturated rings. The Morgan fingerprint density at radius 1 is 1.00 bits per heavy atom. The number of rotatable bonds is 9. The molecule has 0 radical (unpaired) electrons. The number of hydrogen-bond donors (Lipinski definition) is 1. The van der Waals surface area contributed by atoms with Crippen molar-refractivity contribution in [3.8, 4) is 34.3 Å². The van der Waals surface area contributed by atoms with Crippen molar-refractivity contribution in [2.24, 2.45) is 0 Å². The first kappa shape index (κ1) is 22.0. The Bertz CT molecular complexity index is 1030. The average molecular weight is 426 g/mol. The van der Waals surface area contributed by atoms with E-state index in [1.807, 2.05) is 24.3 Å². The second kappa shape index (κ2) is 9.88. The normalized spacial score (nSPS) is 10.5. The molecule has 3 aromatic rings. The monoisotopic (exact) mass is 426 g/mol. The third-order valence-corrected chi connectivity index (χ3v) is 4.85. The molecule has 0 saturated heterocycles. The van der Waals surface area contributed by atoms with Gasteiger partial charge in [-0.05, 0) is 43.2 Å². The number of carbonyl (C=O) groups is 1. The molecule has 1 aromatic heterocycles. The highest BCUT2D eigenvalue weighted by molar-refractivity contribution is 6.00. The fourth-order valence-corrected chi connectivity index (χ4v) is 3.28. The van der Waals surface area contributed by atoms with Crippen molar-refractivity contribution in [1.82, 2.24) is 10.5 Å². The van der Waals surface area contributed by atoms with Gasteiger partial charge < -0.3 is 28.8 Å². The van der Waals surface area contributed by atoms with Gasteiger partial charge in [-0.1, -0.05) is 17.3 Å². The number of hydrogen-bond acceptors (Lipinski definition) is 7. The van der Waals surface area contributed by atoms with Gasteiger partial charge in [0, 0.05) is 12.1 Å². The van der Waals surface area contributed by atoms with Crippen LogP contribution >= 0.6 is 0 Å². The number of benzene rings is 2. The molecule has 3 rings (SSSR count). The molecule has 2 aromatic carbocycles. The Morgan fingerprint density at radius 3 is 2.32 bits per heavy atom. The van der Waals surface area contributed by atoms with E-state index in [0.29, 0.717) is 52.8 Å². The highest BCUT2D eigenvalue weighted by Crippen LogP contribution is 2.42. The zero-order chi connectivity index (χ0) is 22.4. The van der Waals surface area contributed by atoms with Crippen LogP contribution in [0.1, 0.15) is 21.6 Å². The Kier molecular flexibility index (Phi) is 7.02. The van der Waals surface area contributed by atoms with Crippen LogP contribution < -0.4 is 24.3 Å². The van der Waals surface area contributed by atoms with Crippen LogP contribution in [0, 0.1) is 6.92 Å². The zero-order valence-corrected chi connectivity index (χ0v) is 18.3. The summed E-state index contributed by atoms with van der Waals surface area (Å²) < 4.78 is 26.9. The lowest BCUT2D eigenvalue weighted by Gasteiger charge is -2.13. The van der Waals surface area contributed by atoms with Crippen molar-refractivity contribution >= 4 is 5.91 Å². The van der Waals surface area contributed by atoms with Crippen LogP contribution in [0.25, 0.3) is 11.3 Å². The van der Waals surface area contributed by atoms with Crippen LogP contribution in [0.4, 0.5) is 0 Å². The molecule has 0 saturated carbocycles. The van der Waals surface area contributed by atoms with Gasteiger partial charge >= 0.3 is 0 Å². The number of aryl methyl sites for hydroxylation is 1. The minimum absolute atomic E-state index is 0.273. The van der Waals surface area contributed by atoms with Crippen molar-refractivity contribution in [1.29, 1.82) is 0 Å². The van der Waals surface area contributed by atoms with Gasteiger partial charge in [-0.15, -0.1) is 0 Å². The summed E-state index contributed by atoms with van der Waals surface area (Å²) in [7, 11) is 6.21. The van der Waals surface area contributed by atoms with Crippen LogP contribution in [0.2, 0.25) is 0 Å². The second-order valence-electron chi connectivity index (χ2n) is 6.74. The lowest BCUT2D eigenvalue weighted by Crippen LogP contribution is -2.26. The Morgan fingerprint density at radius 2 is 1.71 bits per heavy atom. The predicted octanol–water partition coefficient (Wildman–Crippen LogP) is 3.66. The number of amides is 1. The summed E-state index contributed by atoms with van der Waals surface area (Å²) in [6, 6.07) is 11.2. The highest BCUT2D eigenvalue weighted by atomic mass is 16.5. The lowest BCUT2D eigenvalue weighted by molar-refractivity contribution is 0.0954. The van der Waals surface area contributed by atoms with Crippen LogP contribution in [0.3, 0.4) is 0 Å². The van der Waals surface area contributed by atoms with Gasteiger partial charge in [0.05, 0.1) is 34.1 Å². The SMILES string of the molecule is COc1cccc(CCNC(=O)c2c(C)noc2-c2cc(OC)c(OC)c(OC)c2)c1. The van der Waals surface area contributed by atoms with Crippen molar-refractivity contribution < 1.29 is 28.3 Å². The van der Waals surface area contributed by atoms with E-state index in [9.17, 15) is 4.79 Å². The molecular formula is C23H26N2O6. The van der Waals surface area contributed by atoms with Crippen molar-refractivity contribution in [2.75, 3.05) is 35.0 Å². The van der Waals surface area contributed by atoms with Gasteiger partial charge in [-0.3, -0.25) is 4.79 Å². The number of ether oxygens (including phenoxy) is 4. The summed E-state index contributed by atoms with van der Waals surface area (Å²) >= 11 is 0. The number of aromatic nitrogens is 1. The molecule has 1 N–H and O–H groups in total. The fraction of sp³-hybridized carbons (Fsp3) is 0.304. The van der Waals surface area contributed by atoms with Gasteiger partial charge in [-0.2, -0.15) is 0 Å². The Balaban J connectivity index is 1.83. The summed E-state index contributed by atoms with van der Waals surface area (Å²) in [4.78, 5) is 12.9.